The number of hydrogen-bond donors (Lipinski definition) is 2. The van der Waals surface area contributed by atoms with E-state index < -0.39 is 0 Å². The maximum Gasteiger partial charge on any atom is 0.0468 e. The van der Waals surface area contributed by atoms with Crippen LogP contribution in [0.15, 0.2) is 12.2 Å². The highest BCUT2D eigenvalue weighted by Gasteiger charge is 2.13. The molecule has 1 saturated heterocycles. The molecule has 0 spiro atoms. The minimum absolute atomic E-state index is 0.249. The van der Waals surface area contributed by atoms with Crippen LogP contribution in [0, 0.1) is 5.92 Å². The molecule has 12 heavy (non-hydrogen) atoms. The van der Waals surface area contributed by atoms with E-state index in [1.54, 1.807) is 0 Å². The first-order valence-electron chi connectivity index (χ1n) is 4.81. The molecule has 0 saturated carbocycles. The van der Waals surface area contributed by atoms with Crippen LogP contribution < -0.4 is 5.32 Å². The van der Waals surface area contributed by atoms with E-state index in [0.717, 1.165) is 25.3 Å². The van der Waals surface area contributed by atoms with Gasteiger partial charge in [0.05, 0.1) is 0 Å². The van der Waals surface area contributed by atoms with Gasteiger partial charge < -0.3 is 10.4 Å². The number of aliphatic hydroxyl groups excluding tert-OH is 1. The Morgan fingerprint density at radius 1 is 1.58 bits per heavy atom. The number of hydrogen-bond acceptors (Lipinski definition) is 2. The van der Waals surface area contributed by atoms with Crippen LogP contribution in [0.25, 0.3) is 0 Å². The highest BCUT2D eigenvalue weighted by molar-refractivity contribution is 4.96. The largest absolute Gasteiger partial charge is 0.396 e. The molecule has 1 aliphatic heterocycles. The van der Waals surface area contributed by atoms with Crippen LogP contribution in [0.3, 0.4) is 0 Å². The lowest BCUT2D eigenvalue weighted by atomic mass is 9.92. The van der Waals surface area contributed by atoms with E-state index in [-0.39, 0.29) is 6.61 Å². The van der Waals surface area contributed by atoms with Crippen LogP contribution in [-0.2, 0) is 0 Å². The lowest BCUT2D eigenvalue weighted by Crippen LogP contribution is -2.29. The molecule has 0 aromatic rings. The predicted molar refractivity (Wildman–Crippen MR) is 51.1 cm³/mol. The van der Waals surface area contributed by atoms with E-state index >= 15 is 0 Å². The van der Waals surface area contributed by atoms with Gasteiger partial charge in [-0.3, -0.25) is 0 Å². The van der Waals surface area contributed by atoms with Gasteiger partial charge in [-0.05, 0) is 44.7 Å². The zero-order chi connectivity index (χ0) is 8.81. The van der Waals surface area contributed by atoms with Gasteiger partial charge in [-0.1, -0.05) is 12.2 Å². The van der Waals surface area contributed by atoms with Crippen molar-refractivity contribution in [3.05, 3.63) is 12.2 Å². The van der Waals surface area contributed by atoms with Crippen molar-refractivity contribution in [2.75, 3.05) is 19.7 Å². The average Bonchev–Trinajstić information content (AvgIpc) is 2.06. The van der Waals surface area contributed by atoms with Crippen molar-refractivity contribution in [3.8, 4) is 0 Å². The highest BCUT2D eigenvalue weighted by Crippen LogP contribution is 2.19. The first-order chi connectivity index (χ1) is 5.83. The summed E-state index contributed by atoms with van der Waals surface area (Å²) in [7, 11) is 0. The minimum atomic E-state index is 0.249. The summed E-state index contributed by atoms with van der Waals surface area (Å²) in [6.45, 7) is 6.50. The van der Waals surface area contributed by atoms with E-state index in [9.17, 15) is 0 Å². The molecule has 2 heteroatoms. The predicted octanol–water partition coefficient (Wildman–Crippen LogP) is 1.31. The fourth-order valence-electron chi connectivity index (χ4n) is 1.77. The third kappa shape index (κ3) is 3.37. The van der Waals surface area contributed by atoms with Gasteiger partial charge in [0, 0.05) is 6.61 Å². The first-order valence-corrected chi connectivity index (χ1v) is 4.81. The first kappa shape index (κ1) is 9.75. The lowest BCUT2D eigenvalue weighted by Gasteiger charge is -2.23. The molecule has 0 aliphatic carbocycles. The molecule has 1 rings (SSSR count). The third-order valence-corrected chi connectivity index (χ3v) is 2.44. The topological polar surface area (TPSA) is 32.3 Å². The number of nitrogens with one attached hydrogen (secondary N) is 1. The second-order valence-corrected chi connectivity index (χ2v) is 3.64. The minimum Gasteiger partial charge on any atom is -0.396 e. The summed E-state index contributed by atoms with van der Waals surface area (Å²) in [5.41, 5.74) is 1.20. The van der Waals surface area contributed by atoms with Crippen LogP contribution in [-0.4, -0.2) is 24.8 Å². The second-order valence-electron chi connectivity index (χ2n) is 3.64. The Hall–Kier alpha value is -0.340. The summed E-state index contributed by atoms with van der Waals surface area (Å²) < 4.78 is 0. The SMILES string of the molecule is C=C(CCO)CC1CCCNC1. The molecule has 1 heterocycles. The van der Waals surface area contributed by atoms with Crippen LogP contribution in [0.5, 0.6) is 0 Å². The van der Waals surface area contributed by atoms with E-state index in [1.165, 1.54) is 25.0 Å². The molecule has 0 aromatic heterocycles. The standard InChI is InChI=1S/C10H19NO/c1-9(4-6-12)7-10-3-2-5-11-8-10/h10-12H,1-8H2. The van der Waals surface area contributed by atoms with E-state index in [1.807, 2.05) is 0 Å². The Morgan fingerprint density at radius 2 is 2.42 bits per heavy atom. The maximum atomic E-state index is 8.69. The second kappa shape index (κ2) is 5.33. The van der Waals surface area contributed by atoms with Gasteiger partial charge in [-0.15, -0.1) is 0 Å². The van der Waals surface area contributed by atoms with Crippen molar-refractivity contribution in [1.82, 2.24) is 5.32 Å². The van der Waals surface area contributed by atoms with Crippen molar-refractivity contribution in [2.45, 2.75) is 25.7 Å². The molecule has 1 fully saturated rings. The normalized spacial score (nSPS) is 23.9. The zero-order valence-electron chi connectivity index (χ0n) is 7.68. The monoisotopic (exact) mass is 169 g/mol. The molecule has 2 N–H and O–H groups in total. The number of aliphatic hydroxyl groups is 1. The fraction of sp³-hybridized carbons (Fsp3) is 0.800. The van der Waals surface area contributed by atoms with Crippen LogP contribution in [0.1, 0.15) is 25.7 Å². The Bertz CT molecular complexity index is 139. The van der Waals surface area contributed by atoms with Crippen molar-refractivity contribution < 1.29 is 5.11 Å². The summed E-state index contributed by atoms with van der Waals surface area (Å²) >= 11 is 0. The fourth-order valence-corrected chi connectivity index (χ4v) is 1.77. The van der Waals surface area contributed by atoms with E-state index in [0.29, 0.717) is 0 Å². The summed E-state index contributed by atoms with van der Waals surface area (Å²) in [6.07, 6.45) is 4.47. The quantitative estimate of drug-likeness (QED) is 0.622. The molecule has 1 unspecified atom stereocenters. The molecule has 70 valence electrons. The van der Waals surface area contributed by atoms with Gasteiger partial charge in [0.1, 0.15) is 0 Å². The van der Waals surface area contributed by atoms with E-state index in [2.05, 4.69) is 11.9 Å². The van der Waals surface area contributed by atoms with Gasteiger partial charge in [0.15, 0.2) is 0 Å². The van der Waals surface area contributed by atoms with Gasteiger partial charge in [-0.2, -0.15) is 0 Å². The van der Waals surface area contributed by atoms with Crippen LogP contribution in [0.4, 0.5) is 0 Å². The number of rotatable bonds is 4. The Labute approximate surface area is 74.7 Å². The summed E-state index contributed by atoms with van der Waals surface area (Å²) in [5.74, 6) is 0.762. The van der Waals surface area contributed by atoms with Crippen molar-refractivity contribution in [2.24, 2.45) is 5.92 Å². The Kier molecular flexibility index (Phi) is 4.33. The Balaban J connectivity index is 2.15. The van der Waals surface area contributed by atoms with Crippen LogP contribution >= 0.6 is 0 Å². The summed E-state index contributed by atoms with van der Waals surface area (Å²) in [4.78, 5) is 0. The molecule has 0 amide bonds. The summed E-state index contributed by atoms with van der Waals surface area (Å²) in [5, 5.41) is 12.1. The van der Waals surface area contributed by atoms with Gasteiger partial charge in [0.2, 0.25) is 0 Å². The van der Waals surface area contributed by atoms with Crippen molar-refractivity contribution in [1.29, 1.82) is 0 Å². The maximum absolute atomic E-state index is 8.69. The molecule has 0 aromatic carbocycles. The average molecular weight is 169 g/mol. The molecule has 1 aliphatic rings. The van der Waals surface area contributed by atoms with Crippen molar-refractivity contribution in [3.63, 3.8) is 0 Å². The van der Waals surface area contributed by atoms with Crippen LogP contribution in [0.2, 0.25) is 0 Å². The van der Waals surface area contributed by atoms with Gasteiger partial charge in [0.25, 0.3) is 0 Å². The molecule has 0 radical (unpaired) electrons. The molecule has 2 nitrogen and oxygen atoms in total. The van der Waals surface area contributed by atoms with Crippen molar-refractivity contribution >= 4 is 0 Å². The molecular formula is C10H19NO. The number of piperidine rings is 1. The highest BCUT2D eigenvalue weighted by atomic mass is 16.2. The van der Waals surface area contributed by atoms with E-state index in [4.69, 9.17) is 5.11 Å². The smallest absolute Gasteiger partial charge is 0.0468 e. The third-order valence-electron chi connectivity index (χ3n) is 2.44. The molecule has 1 atom stereocenters. The lowest BCUT2D eigenvalue weighted by molar-refractivity contribution is 0.293. The molecular weight excluding hydrogens is 150 g/mol. The zero-order valence-corrected chi connectivity index (χ0v) is 7.68. The summed E-state index contributed by atoms with van der Waals surface area (Å²) in [6, 6.07) is 0. The van der Waals surface area contributed by atoms with Gasteiger partial charge >= 0.3 is 0 Å². The molecule has 0 bridgehead atoms. The Morgan fingerprint density at radius 3 is 3.00 bits per heavy atom. The van der Waals surface area contributed by atoms with Gasteiger partial charge in [-0.25, -0.2) is 0 Å².